The molecule has 0 aromatic carbocycles. The van der Waals surface area contributed by atoms with Gasteiger partial charge in [0.2, 0.25) is 5.91 Å². The zero-order chi connectivity index (χ0) is 11.1. The van der Waals surface area contributed by atoms with Crippen molar-refractivity contribution in [1.29, 1.82) is 0 Å². The van der Waals surface area contributed by atoms with Crippen LogP contribution in [0.2, 0.25) is 0 Å². The van der Waals surface area contributed by atoms with Gasteiger partial charge in [0, 0.05) is 27.3 Å². The van der Waals surface area contributed by atoms with Crippen molar-refractivity contribution in [3.8, 4) is 0 Å². The summed E-state index contributed by atoms with van der Waals surface area (Å²) < 4.78 is 10.1. The van der Waals surface area contributed by atoms with Crippen LogP contribution in [-0.2, 0) is 14.3 Å². The Bertz CT molecular complexity index is 193. The Hall–Kier alpha value is -0.650. The fourth-order valence-corrected chi connectivity index (χ4v) is 1.63. The standard InChI is InChI=1S/C10H20N2O3/c1-14-7-9(15-2)6-12-10(13)8-3-4-11-5-8/h8-9,11H,3-7H2,1-2H3,(H,12,13). The molecule has 0 spiro atoms. The zero-order valence-corrected chi connectivity index (χ0v) is 9.41. The predicted octanol–water partition coefficient (Wildman–Crippen LogP) is -0.626. The summed E-state index contributed by atoms with van der Waals surface area (Å²) in [5.74, 6) is 0.225. The highest BCUT2D eigenvalue weighted by molar-refractivity contribution is 5.79. The minimum absolute atomic E-state index is 0.0617. The van der Waals surface area contributed by atoms with Crippen molar-refractivity contribution < 1.29 is 14.3 Å². The molecule has 1 saturated heterocycles. The molecule has 1 fully saturated rings. The lowest BCUT2D eigenvalue weighted by Crippen LogP contribution is -2.39. The first-order valence-electron chi connectivity index (χ1n) is 5.28. The van der Waals surface area contributed by atoms with Crippen LogP contribution in [0.1, 0.15) is 6.42 Å². The van der Waals surface area contributed by atoms with Gasteiger partial charge in [0.05, 0.1) is 18.6 Å². The van der Waals surface area contributed by atoms with Gasteiger partial charge in [-0.15, -0.1) is 0 Å². The lowest BCUT2D eigenvalue weighted by molar-refractivity contribution is -0.125. The number of methoxy groups -OCH3 is 2. The van der Waals surface area contributed by atoms with Gasteiger partial charge in [0.15, 0.2) is 0 Å². The Morgan fingerprint density at radius 3 is 2.93 bits per heavy atom. The first kappa shape index (κ1) is 12.4. The maximum atomic E-state index is 11.6. The minimum atomic E-state index is -0.0617. The van der Waals surface area contributed by atoms with Gasteiger partial charge in [0.25, 0.3) is 0 Å². The Labute approximate surface area is 90.5 Å². The van der Waals surface area contributed by atoms with Crippen LogP contribution in [0.25, 0.3) is 0 Å². The van der Waals surface area contributed by atoms with Crippen molar-refractivity contribution in [1.82, 2.24) is 10.6 Å². The van der Waals surface area contributed by atoms with Crippen LogP contribution < -0.4 is 10.6 Å². The Kier molecular flexibility index (Phi) is 5.60. The molecular formula is C10H20N2O3. The molecule has 0 bridgehead atoms. The Balaban J connectivity index is 2.19. The zero-order valence-electron chi connectivity index (χ0n) is 9.41. The van der Waals surface area contributed by atoms with Crippen molar-refractivity contribution in [2.45, 2.75) is 12.5 Å². The predicted molar refractivity (Wildman–Crippen MR) is 56.7 cm³/mol. The highest BCUT2D eigenvalue weighted by atomic mass is 16.5. The summed E-state index contributed by atoms with van der Waals surface area (Å²) in [6, 6.07) is 0. The van der Waals surface area contributed by atoms with E-state index in [0.29, 0.717) is 13.2 Å². The quantitative estimate of drug-likeness (QED) is 0.621. The summed E-state index contributed by atoms with van der Waals surface area (Å²) in [4.78, 5) is 11.6. The summed E-state index contributed by atoms with van der Waals surface area (Å²) in [5.41, 5.74) is 0. The molecule has 1 amide bonds. The van der Waals surface area contributed by atoms with Gasteiger partial charge >= 0.3 is 0 Å². The van der Waals surface area contributed by atoms with Crippen LogP contribution in [-0.4, -0.2) is 52.5 Å². The van der Waals surface area contributed by atoms with Gasteiger partial charge in [-0.05, 0) is 13.0 Å². The summed E-state index contributed by atoms with van der Waals surface area (Å²) in [7, 11) is 3.24. The van der Waals surface area contributed by atoms with Crippen molar-refractivity contribution in [2.24, 2.45) is 5.92 Å². The average Bonchev–Trinajstić information content (AvgIpc) is 2.77. The largest absolute Gasteiger partial charge is 0.382 e. The number of amides is 1. The van der Waals surface area contributed by atoms with Crippen molar-refractivity contribution in [3.63, 3.8) is 0 Å². The number of hydrogen-bond donors (Lipinski definition) is 2. The Morgan fingerprint density at radius 1 is 1.60 bits per heavy atom. The molecule has 0 radical (unpaired) electrons. The maximum Gasteiger partial charge on any atom is 0.224 e. The van der Waals surface area contributed by atoms with Gasteiger partial charge in [-0.2, -0.15) is 0 Å². The molecule has 1 rings (SSSR count). The van der Waals surface area contributed by atoms with Crippen LogP contribution >= 0.6 is 0 Å². The van der Waals surface area contributed by atoms with Crippen LogP contribution in [0.5, 0.6) is 0 Å². The molecule has 0 aromatic rings. The lowest BCUT2D eigenvalue weighted by atomic mass is 10.1. The van der Waals surface area contributed by atoms with E-state index in [9.17, 15) is 4.79 Å². The molecule has 88 valence electrons. The van der Waals surface area contributed by atoms with Gasteiger partial charge in [0.1, 0.15) is 0 Å². The van der Waals surface area contributed by atoms with Crippen molar-refractivity contribution in [2.75, 3.05) is 40.5 Å². The minimum Gasteiger partial charge on any atom is -0.382 e. The third-order valence-electron chi connectivity index (χ3n) is 2.62. The molecule has 5 nitrogen and oxygen atoms in total. The molecule has 2 atom stereocenters. The van der Waals surface area contributed by atoms with E-state index >= 15 is 0 Å². The van der Waals surface area contributed by atoms with Crippen molar-refractivity contribution in [3.05, 3.63) is 0 Å². The average molecular weight is 216 g/mol. The lowest BCUT2D eigenvalue weighted by Gasteiger charge is -2.16. The van der Waals surface area contributed by atoms with E-state index in [-0.39, 0.29) is 17.9 Å². The molecule has 0 saturated carbocycles. The summed E-state index contributed by atoms with van der Waals surface area (Å²) >= 11 is 0. The van der Waals surface area contributed by atoms with Crippen LogP contribution in [0.4, 0.5) is 0 Å². The molecule has 1 aliphatic rings. The SMILES string of the molecule is COCC(CNC(=O)C1CCNC1)OC. The summed E-state index contributed by atoms with van der Waals surface area (Å²) in [6.07, 6.45) is 0.863. The first-order valence-corrected chi connectivity index (χ1v) is 5.28. The van der Waals surface area contributed by atoms with Gasteiger partial charge in [-0.25, -0.2) is 0 Å². The highest BCUT2D eigenvalue weighted by Crippen LogP contribution is 2.06. The molecule has 0 aliphatic carbocycles. The van der Waals surface area contributed by atoms with E-state index in [4.69, 9.17) is 9.47 Å². The fraction of sp³-hybridized carbons (Fsp3) is 0.900. The second-order valence-electron chi connectivity index (χ2n) is 3.75. The number of rotatable bonds is 6. The van der Waals surface area contributed by atoms with E-state index in [1.165, 1.54) is 0 Å². The van der Waals surface area contributed by atoms with Gasteiger partial charge in [-0.3, -0.25) is 4.79 Å². The summed E-state index contributed by atoms with van der Waals surface area (Å²) in [6.45, 7) is 2.73. The molecular weight excluding hydrogens is 196 g/mol. The monoisotopic (exact) mass is 216 g/mol. The number of ether oxygens (including phenoxy) is 2. The third-order valence-corrected chi connectivity index (χ3v) is 2.62. The molecule has 2 N–H and O–H groups in total. The molecule has 1 aliphatic heterocycles. The maximum absolute atomic E-state index is 11.6. The number of nitrogens with one attached hydrogen (secondary N) is 2. The normalized spacial score (nSPS) is 22.7. The second-order valence-corrected chi connectivity index (χ2v) is 3.75. The van der Waals surface area contributed by atoms with Crippen LogP contribution in [0.3, 0.4) is 0 Å². The molecule has 0 aromatic heterocycles. The van der Waals surface area contributed by atoms with E-state index < -0.39 is 0 Å². The highest BCUT2D eigenvalue weighted by Gasteiger charge is 2.22. The number of carbonyl (C=O) groups is 1. The summed E-state index contributed by atoms with van der Waals surface area (Å²) in [5, 5.41) is 6.04. The van der Waals surface area contributed by atoms with E-state index in [2.05, 4.69) is 10.6 Å². The second kappa shape index (κ2) is 6.76. The van der Waals surface area contributed by atoms with Gasteiger partial charge < -0.3 is 20.1 Å². The van der Waals surface area contributed by atoms with Crippen molar-refractivity contribution >= 4 is 5.91 Å². The molecule has 1 heterocycles. The number of hydrogen-bond acceptors (Lipinski definition) is 4. The smallest absolute Gasteiger partial charge is 0.224 e. The molecule has 5 heteroatoms. The van der Waals surface area contributed by atoms with Gasteiger partial charge in [-0.1, -0.05) is 0 Å². The Morgan fingerprint density at radius 2 is 2.40 bits per heavy atom. The fourth-order valence-electron chi connectivity index (χ4n) is 1.63. The van der Waals surface area contributed by atoms with E-state index in [1.807, 2.05) is 0 Å². The van der Waals surface area contributed by atoms with Crippen LogP contribution in [0, 0.1) is 5.92 Å². The number of carbonyl (C=O) groups excluding carboxylic acids is 1. The topological polar surface area (TPSA) is 59.6 Å². The molecule has 15 heavy (non-hydrogen) atoms. The third kappa shape index (κ3) is 4.15. The first-order chi connectivity index (χ1) is 7.27. The van der Waals surface area contributed by atoms with E-state index in [1.54, 1.807) is 14.2 Å². The molecule has 2 unspecified atom stereocenters. The van der Waals surface area contributed by atoms with Crippen LogP contribution in [0.15, 0.2) is 0 Å². The van der Waals surface area contributed by atoms with E-state index in [0.717, 1.165) is 19.5 Å².